The molecule has 106 valence electrons. The van der Waals surface area contributed by atoms with Crippen LogP contribution >= 0.6 is 0 Å². The van der Waals surface area contributed by atoms with Crippen LogP contribution in [0.15, 0.2) is 18.2 Å². The summed E-state index contributed by atoms with van der Waals surface area (Å²) in [6.45, 7) is 7.82. The summed E-state index contributed by atoms with van der Waals surface area (Å²) in [5.41, 5.74) is 2.14. The highest BCUT2D eigenvalue weighted by Gasteiger charge is 2.20. The molecule has 1 N–H and O–H groups in total. The van der Waals surface area contributed by atoms with E-state index in [4.69, 9.17) is 4.74 Å². The molecule has 3 nitrogen and oxygen atoms in total. The minimum Gasteiger partial charge on any atom is -0.375 e. The van der Waals surface area contributed by atoms with Crippen molar-refractivity contribution in [1.82, 2.24) is 10.3 Å². The number of aromatic nitrogens is 1. The van der Waals surface area contributed by atoms with Crippen LogP contribution in [0.1, 0.15) is 44.5 Å². The van der Waals surface area contributed by atoms with Crippen molar-refractivity contribution in [2.45, 2.75) is 46.3 Å². The van der Waals surface area contributed by atoms with Gasteiger partial charge in [-0.15, -0.1) is 0 Å². The van der Waals surface area contributed by atoms with Crippen molar-refractivity contribution in [1.29, 1.82) is 0 Å². The molecule has 0 aliphatic heterocycles. The molecule has 1 aliphatic carbocycles. The van der Waals surface area contributed by atoms with E-state index >= 15 is 0 Å². The molecule has 1 aromatic rings. The summed E-state index contributed by atoms with van der Waals surface area (Å²) in [6.07, 6.45) is 4.02. The van der Waals surface area contributed by atoms with E-state index in [1.54, 1.807) is 0 Å². The molecule has 1 saturated carbocycles. The van der Waals surface area contributed by atoms with Crippen LogP contribution in [0.2, 0.25) is 0 Å². The number of nitrogens with one attached hydrogen (secondary N) is 1. The first-order chi connectivity index (χ1) is 9.24. The number of nitrogens with zero attached hydrogens (tertiary/aromatic N) is 1. The number of pyridine rings is 1. The zero-order chi connectivity index (χ0) is 13.5. The Labute approximate surface area is 116 Å². The largest absolute Gasteiger partial charge is 0.375 e. The quantitative estimate of drug-likeness (QED) is 0.694. The molecule has 0 unspecified atom stereocenters. The molecule has 0 amide bonds. The maximum absolute atomic E-state index is 5.69. The highest BCUT2D eigenvalue weighted by atomic mass is 16.5. The van der Waals surface area contributed by atoms with Gasteiger partial charge >= 0.3 is 0 Å². The molecule has 0 bridgehead atoms. The molecule has 0 atom stereocenters. The van der Waals surface area contributed by atoms with Crippen molar-refractivity contribution in [3.63, 3.8) is 0 Å². The Bertz CT molecular complexity index is 375. The van der Waals surface area contributed by atoms with E-state index in [2.05, 4.69) is 36.3 Å². The molecule has 3 heteroatoms. The summed E-state index contributed by atoms with van der Waals surface area (Å²) >= 11 is 0. The minimum atomic E-state index is 0.644. The number of hydrogen-bond donors (Lipinski definition) is 1. The van der Waals surface area contributed by atoms with E-state index in [1.165, 1.54) is 19.3 Å². The lowest BCUT2D eigenvalue weighted by atomic mass is 10.2. The molecule has 1 aromatic heterocycles. The van der Waals surface area contributed by atoms with E-state index in [0.717, 1.165) is 37.0 Å². The first kappa shape index (κ1) is 14.5. The van der Waals surface area contributed by atoms with E-state index < -0.39 is 0 Å². The normalized spacial score (nSPS) is 15.1. The lowest BCUT2D eigenvalue weighted by Gasteiger charge is -2.08. The average Bonchev–Trinajstić information content (AvgIpc) is 3.19. The molecule has 19 heavy (non-hydrogen) atoms. The van der Waals surface area contributed by atoms with Crippen LogP contribution in [0.3, 0.4) is 0 Å². The van der Waals surface area contributed by atoms with Gasteiger partial charge in [0.15, 0.2) is 0 Å². The molecule has 0 radical (unpaired) electrons. The molecule has 2 rings (SSSR count). The molecular formula is C16H26N2O. The predicted octanol–water partition coefficient (Wildman–Crippen LogP) is 3.14. The first-order valence-electron chi connectivity index (χ1n) is 7.47. The van der Waals surface area contributed by atoms with Crippen LogP contribution < -0.4 is 5.32 Å². The predicted molar refractivity (Wildman–Crippen MR) is 77.8 cm³/mol. The van der Waals surface area contributed by atoms with Gasteiger partial charge < -0.3 is 10.1 Å². The molecular weight excluding hydrogens is 236 g/mol. The Morgan fingerprint density at radius 2 is 2.11 bits per heavy atom. The minimum absolute atomic E-state index is 0.644. The monoisotopic (exact) mass is 262 g/mol. The van der Waals surface area contributed by atoms with Crippen LogP contribution in [-0.4, -0.2) is 18.1 Å². The molecule has 0 aromatic carbocycles. The zero-order valence-corrected chi connectivity index (χ0v) is 12.2. The maximum Gasteiger partial charge on any atom is 0.0887 e. The van der Waals surface area contributed by atoms with Gasteiger partial charge in [0.1, 0.15) is 0 Å². The van der Waals surface area contributed by atoms with Crippen LogP contribution in [0, 0.1) is 11.8 Å². The fraction of sp³-hybridized carbons (Fsp3) is 0.688. The van der Waals surface area contributed by atoms with Crippen molar-refractivity contribution >= 4 is 0 Å². The fourth-order valence-electron chi connectivity index (χ4n) is 2.03. The fourth-order valence-corrected chi connectivity index (χ4v) is 2.03. The summed E-state index contributed by atoms with van der Waals surface area (Å²) in [4.78, 5) is 4.61. The van der Waals surface area contributed by atoms with E-state index in [9.17, 15) is 0 Å². The van der Waals surface area contributed by atoms with Crippen molar-refractivity contribution in [3.8, 4) is 0 Å². The molecule has 0 saturated heterocycles. The number of hydrogen-bond acceptors (Lipinski definition) is 3. The van der Waals surface area contributed by atoms with Crippen LogP contribution in [0.4, 0.5) is 0 Å². The van der Waals surface area contributed by atoms with E-state index in [-0.39, 0.29) is 0 Å². The first-order valence-corrected chi connectivity index (χ1v) is 7.47. The standard InChI is InChI=1S/C16H26N2O/c1-13(2)10-17-11-15-4-3-5-16(18-15)12-19-9-8-14-6-7-14/h3-5,13-14,17H,6-12H2,1-2H3. The summed E-state index contributed by atoms with van der Waals surface area (Å²) in [7, 11) is 0. The second-order valence-electron chi connectivity index (χ2n) is 5.93. The van der Waals surface area contributed by atoms with Gasteiger partial charge in [-0.3, -0.25) is 4.98 Å². The molecule has 0 spiro atoms. The molecule has 1 aliphatic rings. The van der Waals surface area contributed by atoms with Gasteiger partial charge in [-0.25, -0.2) is 0 Å². The lowest BCUT2D eigenvalue weighted by Crippen LogP contribution is -2.19. The highest BCUT2D eigenvalue weighted by molar-refractivity contribution is 5.10. The Morgan fingerprint density at radius 3 is 2.84 bits per heavy atom. The van der Waals surface area contributed by atoms with E-state index in [1.807, 2.05) is 6.07 Å². The van der Waals surface area contributed by atoms with Crippen LogP contribution in [-0.2, 0) is 17.9 Å². The Kier molecular flexibility index (Phi) is 5.80. The van der Waals surface area contributed by atoms with Crippen LogP contribution in [0.25, 0.3) is 0 Å². The summed E-state index contributed by atoms with van der Waals surface area (Å²) < 4.78 is 5.69. The molecule has 1 heterocycles. The average molecular weight is 262 g/mol. The van der Waals surface area contributed by atoms with Gasteiger partial charge in [0.25, 0.3) is 0 Å². The van der Waals surface area contributed by atoms with Crippen molar-refractivity contribution in [2.24, 2.45) is 11.8 Å². The molecule has 1 fully saturated rings. The van der Waals surface area contributed by atoms with E-state index in [0.29, 0.717) is 12.5 Å². The number of ether oxygens (including phenoxy) is 1. The van der Waals surface area contributed by atoms with Gasteiger partial charge in [-0.2, -0.15) is 0 Å². The summed E-state index contributed by atoms with van der Waals surface area (Å²) in [6, 6.07) is 6.18. The summed E-state index contributed by atoms with van der Waals surface area (Å²) in [5, 5.41) is 3.42. The van der Waals surface area contributed by atoms with Gasteiger partial charge in [-0.05, 0) is 36.9 Å². The Hall–Kier alpha value is -0.930. The second kappa shape index (κ2) is 7.61. The smallest absolute Gasteiger partial charge is 0.0887 e. The van der Waals surface area contributed by atoms with Crippen molar-refractivity contribution < 1.29 is 4.74 Å². The van der Waals surface area contributed by atoms with Gasteiger partial charge in [0, 0.05) is 13.2 Å². The maximum atomic E-state index is 5.69. The topological polar surface area (TPSA) is 34.1 Å². The van der Waals surface area contributed by atoms with Gasteiger partial charge in [0.2, 0.25) is 0 Å². The Morgan fingerprint density at radius 1 is 1.32 bits per heavy atom. The zero-order valence-electron chi connectivity index (χ0n) is 12.2. The Balaban J connectivity index is 1.67. The lowest BCUT2D eigenvalue weighted by molar-refractivity contribution is 0.112. The van der Waals surface area contributed by atoms with Crippen LogP contribution in [0.5, 0.6) is 0 Å². The SMILES string of the molecule is CC(C)CNCc1cccc(COCCC2CC2)n1. The third-order valence-electron chi connectivity index (χ3n) is 3.34. The number of rotatable bonds is 9. The third-order valence-corrected chi connectivity index (χ3v) is 3.34. The highest BCUT2D eigenvalue weighted by Crippen LogP contribution is 2.32. The third kappa shape index (κ3) is 6.17. The summed E-state index contributed by atoms with van der Waals surface area (Å²) in [5.74, 6) is 1.62. The second-order valence-corrected chi connectivity index (χ2v) is 5.93. The van der Waals surface area contributed by atoms with Crippen molar-refractivity contribution in [2.75, 3.05) is 13.2 Å². The van der Waals surface area contributed by atoms with Gasteiger partial charge in [-0.1, -0.05) is 32.8 Å². The van der Waals surface area contributed by atoms with Gasteiger partial charge in [0.05, 0.1) is 18.0 Å². The van der Waals surface area contributed by atoms with Crippen molar-refractivity contribution in [3.05, 3.63) is 29.6 Å².